The van der Waals surface area contributed by atoms with Crippen LogP contribution in [-0.4, -0.2) is 29.8 Å². The van der Waals surface area contributed by atoms with Crippen molar-refractivity contribution in [2.24, 2.45) is 15.7 Å². The van der Waals surface area contributed by atoms with Crippen LogP contribution in [0.15, 0.2) is 58.5 Å². The van der Waals surface area contributed by atoms with Crippen molar-refractivity contribution in [3.63, 3.8) is 0 Å². The van der Waals surface area contributed by atoms with E-state index in [1.807, 2.05) is 56.3 Å². The Labute approximate surface area is 163 Å². The molecular formula is C20H22N6O2. The highest BCUT2D eigenvalue weighted by Crippen LogP contribution is 2.15. The average molecular weight is 378 g/mol. The molecule has 0 spiro atoms. The summed E-state index contributed by atoms with van der Waals surface area (Å²) >= 11 is 0. The number of carbonyl (C=O) groups is 2. The van der Waals surface area contributed by atoms with Gasteiger partial charge in [0.15, 0.2) is 0 Å². The molecule has 0 saturated carbocycles. The third-order valence-corrected chi connectivity index (χ3v) is 4.13. The molecule has 8 heteroatoms. The molecule has 2 aromatic carbocycles. The van der Waals surface area contributed by atoms with Crippen LogP contribution in [0.5, 0.6) is 0 Å². The zero-order valence-electron chi connectivity index (χ0n) is 15.7. The molecule has 144 valence electrons. The Balaban J connectivity index is 1.62. The van der Waals surface area contributed by atoms with Crippen LogP contribution in [0, 0.1) is 13.8 Å². The van der Waals surface area contributed by atoms with Gasteiger partial charge in [-0.15, -0.1) is 0 Å². The predicted molar refractivity (Wildman–Crippen MR) is 110 cm³/mol. The summed E-state index contributed by atoms with van der Waals surface area (Å²) in [6, 6.07) is 14.2. The van der Waals surface area contributed by atoms with Gasteiger partial charge in [-0.3, -0.25) is 14.9 Å². The van der Waals surface area contributed by atoms with Gasteiger partial charge < -0.3 is 16.4 Å². The van der Waals surface area contributed by atoms with Crippen LogP contribution in [0.3, 0.4) is 0 Å². The first-order valence-electron chi connectivity index (χ1n) is 8.83. The fourth-order valence-corrected chi connectivity index (χ4v) is 2.73. The highest BCUT2D eigenvalue weighted by Gasteiger charge is 2.28. The number of hydrogen-bond acceptors (Lipinski definition) is 4. The summed E-state index contributed by atoms with van der Waals surface area (Å²) in [4.78, 5) is 32.6. The van der Waals surface area contributed by atoms with E-state index < -0.39 is 6.04 Å². The van der Waals surface area contributed by atoms with Crippen molar-refractivity contribution in [2.75, 3.05) is 10.6 Å². The Bertz CT molecular complexity index is 967. The zero-order chi connectivity index (χ0) is 20.1. The van der Waals surface area contributed by atoms with E-state index >= 15 is 0 Å². The Morgan fingerprint density at radius 1 is 1.18 bits per heavy atom. The molecule has 8 nitrogen and oxygen atoms in total. The molecule has 1 unspecified atom stereocenters. The standard InChI is InChI=1S/C20H22N6O2/c1-12-6-5-8-14(10-12)22-19(21)26-20-24-16(18(28)25-20)11-17(27)23-15-9-4-3-7-13(15)2/h3-10,16H,11H2,1-2H3,(H,23,27)(H4,21,22,24,25,26,28). The molecule has 3 rings (SSSR count). The maximum absolute atomic E-state index is 12.2. The number of hydrogen-bond donors (Lipinski definition) is 4. The number of aliphatic imine (C=N–C) groups is 2. The Hall–Kier alpha value is -3.68. The highest BCUT2D eigenvalue weighted by molar-refractivity contribution is 6.11. The van der Waals surface area contributed by atoms with Gasteiger partial charge in [-0.1, -0.05) is 30.3 Å². The number of amides is 2. The minimum Gasteiger partial charge on any atom is -0.369 e. The van der Waals surface area contributed by atoms with Gasteiger partial charge in [-0.25, -0.2) is 4.99 Å². The van der Waals surface area contributed by atoms with Gasteiger partial charge in [-0.05, 0) is 43.2 Å². The summed E-state index contributed by atoms with van der Waals surface area (Å²) < 4.78 is 0. The molecule has 0 fully saturated rings. The molecule has 2 amide bonds. The Kier molecular flexibility index (Phi) is 5.69. The van der Waals surface area contributed by atoms with Crippen LogP contribution in [0.4, 0.5) is 11.4 Å². The molecule has 0 radical (unpaired) electrons. The number of nitrogens with two attached hydrogens (primary N) is 1. The molecule has 0 aromatic heterocycles. The third kappa shape index (κ3) is 4.94. The zero-order valence-corrected chi connectivity index (χ0v) is 15.7. The normalized spacial score (nSPS) is 16.4. The van der Waals surface area contributed by atoms with Gasteiger partial charge in [0.05, 0.1) is 6.42 Å². The van der Waals surface area contributed by atoms with Crippen LogP contribution in [0.1, 0.15) is 17.5 Å². The van der Waals surface area contributed by atoms with Crippen LogP contribution >= 0.6 is 0 Å². The molecule has 1 aliphatic heterocycles. The van der Waals surface area contributed by atoms with Crippen LogP contribution in [0.25, 0.3) is 0 Å². The summed E-state index contributed by atoms with van der Waals surface area (Å²) in [5.74, 6) is -0.512. The van der Waals surface area contributed by atoms with Gasteiger partial charge in [0, 0.05) is 11.4 Å². The fraction of sp³-hybridized carbons (Fsp3) is 0.200. The monoisotopic (exact) mass is 378 g/mol. The minimum absolute atomic E-state index is 0.0790. The first-order chi connectivity index (χ1) is 13.4. The quantitative estimate of drug-likeness (QED) is 0.480. The van der Waals surface area contributed by atoms with Gasteiger partial charge in [0.2, 0.25) is 17.8 Å². The maximum atomic E-state index is 12.2. The van der Waals surface area contributed by atoms with Crippen molar-refractivity contribution in [3.8, 4) is 0 Å². The minimum atomic E-state index is -0.838. The van der Waals surface area contributed by atoms with Crippen molar-refractivity contribution in [1.29, 1.82) is 0 Å². The number of anilines is 2. The molecule has 0 saturated heterocycles. The number of guanidine groups is 2. The number of nitrogens with one attached hydrogen (secondary N) is 3. The number of aryl methyl sites for hydroxylation is 2. The molecule has 0 aliphatic carbocycles. The predicted octanol–water partition coefficient (Wildman–Crippen LogP) is 1.91. The van der Waals surface area contributed by atoms with E-state index in [-0.39, 0.29) is 30.2 Å². The number of benzene rings is 2. The Morgan fingerprint density at radius 2 is 1.96 bits per heavy atom. The smallest absolute Gasteiger partial charge is 0.252 e. The molecule has 1 aliphatic rings. The summed E-state index contributed by atoms with van der Waals surface area (Å²) in [6.45, 7) is 3.86. The van der Waals surface area contributed by atoms with Crippen molar-refractivity contribution in [2.45, 2.75) is 26.3 Å². The van der Waals surface area contributed by atoms with Gasteiger partial charge in [0.25, 0.3) is 5.91 Å². The molecule has 2 aromatic rings. The molecule has 5 N–H and O–H groups in total. The molecule has 0 bridgehead atoms. The van der Waals surface area contributed by atoms with E-state index in [1.165, 1.54) is 0 Å². The van der Waals surface area contributed by atoms with E-state index in [0.29, 0.717) is 5.69 Å². The van der Waals surface area contributed by atoms with Crippen molar-refractivity contribution in [1.82, 2.24) is 5.32 Å². The average Bonchev–Trinajstić information content (AvgIpc) is 2.95. The van der Waals surface area contributed by atoms with E-state index in [1.54, 1.807) is 6.07 Å². The second-order valence-electron chi connectivity index (χ2n) is 6.52. The van der Waals surface area contributed by atoms with Crippen LogP contribution in [0.2, 0.25) is 0 Å². The first-order valence-corrected chi connectivity index (χ1v) is 8.83. The summed E-state index contributed by atoms with van der Waals surface area (Å²) in [6.07, 6.45) is -0.0790. The van der Waals surface area contributed by atoms with Crippen LogP contribution < -0.4 is 21.7 Å². The molecule has 28 heavy (non-hydrogen) atoms. The summed E-state index contributed by atoms with van der Waals surface area (Å²) in [5, 5.41) is 8.26. The molecule has 1 atom stereocenters. The number of carbonyl (C=O) groups excluding carboxylic acids is 2. The van der Waals surface area contributed by atoms with Crippen molar-refractivity contribution in [3.05, 3.63) is 59.7 Å². The lowest BCUT2D eigenvalue weighted by atomic mass is 10.1. The summed E-state index contributed by atoms with van der Waals surface area (Å²) in [5.41, 5.74) is 9.37. The van der Waals surface area contributed by atoms with Crippen molar-refractivity contribution >= 4 is 35.1 Å². The fourth-order valence-electron chi connectivity index (χ4n) is 2.73. The lowest BCUT2D eigenvalue weighted by molar-refractivity contribution is -0.123. The van der Waals surface area contributed by atoms with E-state index in [4.69, 9.17) is 5.73 Å². The second kappa shape index (κ2) is 8.34. The molecule has 1 heterocycles. The van der Waals surface area contributed by atoms with Crippen molar-refractivity contribution < 1.29 is 9.59 Å². The van der Waals surface area contributed by atoms with Gasteiger partial charge in [-0.2, -0.15) is 4.99 Å². The number of nitrogens with zero attached hydrogens (tertiary/aromatic N) is 2. The third-order valence-electron chi connectivity index (χ3n) is 4.13. The van der Waals surface area contributed by atoms with Gasteiger partial charge >= 0.3 is 0 Å². The molecular weight excluding hydrogens is 356 g/mol. The van der Waals surface area contributed by atoms with Gasteiger partial charge in [0.1, 0.15) is 6.04 Å². The largest absolute Gasteiger partial charge is 0.369 e. The van der Waals surface area contributed by atoms with E-state index in [9.17, 15) is 9.59 Å². The number of rotatable bonds is 4. The van der Waals surface area contributed by atoms with Crippen LogP contribution in [-0.2, 0) is 9.59 Å². The van der Waals surface area contributed by atoms with E-state index in [0.717, 1.165) is 16.8 Å². The topological polar surface area (TPSA) is 121 Å². The second-order valence-corrected chi connectivity index (χ2v) is 6.52. The summed E-state index contributed by atoms with van der Waals surface area (Å²) in [7, 11) is 0. The lowest BCUT2D eigenvalue weighted by Gasteiger charge is -2.09. The highest BCUT2D eigenvalue weighted by atomic mass is 16.2. The SMILES string of the molecule is Cc1cccc(N/C(N)=N/C2=NC(CC(=O)Nc3ccccc3C)C(=O)N2)c1. The maximum Gasteiger partial charge on any atom is 0.252 e. The van der Waals surface area contributed by atoms with E-state index in [2.05, 4.69) is 25.9 Å². The lowest BCUT2D eigenvalue weighted by Crippen LogP contribution is -2.32. The first kappa shape index (κ1) is 19.1. The number of para-hydroxylation sites is 1. The Morgan fingerprint density at radius 3 is 2.71 bits per heavy atom.